The molecule has 0 saturated carbocycles. The summed E-state index contributed by atoms with van der Waals surface area (Å²) in [6.07, 6.45) is 0. The van der Waals surface area contributed by atoms with E-state index >= 15 is 0 Å². The Kier molecular flexibility index (Phi) is 6.42. The standard InChI is InChI=1S/C45H27N3O2/c1-3-13-28(14-4-1)31-17-7-8-19-38(31)45-47-43(29-15-5-2-6-16-29)46-44(48-45)30-25-26-33-35-21-12-23-37(42(35)50-40(33)27-30)36-22-11-20-34-32-18-9-10-24-39(32)49-41(34)36/h1-27H. The van der Waals surface area contributed by atoms with E-state index in [1.54, 1.807) is 0 Å². The maximum absolute atomic E-state index is 6.72. The first-order valence-corrected chi connectivity index (χ1v) is 16.6. The highest BCUT2D eigenvalue weighted by molar-refractivity contribution is 6.15. The molecule has 0 aliphatic carbocycles. The Bertz CT molecular complexity index is 2870. The first kappa shape index (κ1) is 28.2. The fraction of sp³-hybridized carbons (Fsp3) is 0. The molecule has 0 bridgehead atoms. The van der Waals surface area contributed by atoms with Crippen LogP contribution in [-0.2, 0) is 0 Å². The monoisotopic (exact) mass is 641 g/mol. The molecule has 0 fully saturated rings. The van der Waals surface area contributed by atoms with E-state index in [1.807, 2.05) is 84.9 Å². The number of aromatic nitrogens is 3. The van der Waals surface area contributed by atoms with Crippen molar-refractivity contribution in [2.45, 2.75) is 0 Å². The third-order valence-electron chi connectivity index (χ3n) is 9.37. The number of rotatable bonds is 5. The van der Waals surface area contributed by atoms with Gasteiger partial charge in [0, 0.05) is 49.4 Å². The normalized spacial score (nSPS) is 11.6. The fourth-order valence-corrected chi connectivity index (χ4v) is 7.00. The van der Waals surface area contributed by atoms with E-state index in [4.69, 9.17) is 23.8 Å². The quantitative estimate of drug-likeness (QED) is 0.187. The van der Waals surface area contributed by atoms with Crippen LogP contribution < -0.4 is 0 Å². The largest absolute Gasteiger partial charge is 0.455 e. The molecule has 3 heterocycles. The summed E-state index contributed by atoms with van der Waals surface area (Å²) in [5.74, 6) is 1.80. The predicted octanol–water partition coefficient (Wildman–Crippen LogP) is 12.0. The van der Waals surface area contributed by atoms with Gasteiger partial charge in [-0.05, 0) is 29.3 Å². The Balaban J connectivity index is 1.15. The lowest BCUT2D eigenvalue weighted by Gasteiger charge is -2.12. The van der Waals surface area contributed by atoms with Crippen LogP contribution in [0.2, 0.25) is 0 Å². The van der Waals surface area contributed by atoms with Crippen LogP contribution >= 0.6 is 0 Å². The highest BCUT2D eigenvalue weighted by Gasteiger charge is 2.19. The summed E-state index contributed by atoms with van der Waals surface area (Å²) in [4.78, 5) is 15.1. The van der Waals surface area contributed by atoms with Crippen molar-refractivity contribution in [1.82, 2.24) is 15.0 Å². The van der Waals surface area contributed by atoms with Crippen LogP contribution in [0.4, 0.5) is 0 Å². The van der Waals surface area contributed by atoms with Crippen LogP contribution in [0.3, 0.4) is 0 Å². The van der Waals surface area contributed by atoms with E-state index < -0.39 is 0 Å². The van der Waals surface area contributed by atoms with Gasteiger partial charge in [0.25, 0.3) is 0 Å². The van der Waals surface area contributed by atoms with Crippen molar-refractivity contribution >= 4 is 43.9 Å². The molecule has 0 saturated heterocycles. The van der Waals surface area contributed by atoms with Gasteiger partial charge in [-0.3, -0.25) is 0 Å². The van der Waals surface area contributed by atoms with Gasteiger partial charge in [0.1, 0.15) is 22.3 Å². The van der Waals surface area contributed by atoms with Gasteiger partial charge in [0.2, 0.25) is 0 Å². The van der Waals surface area contributed by atoms with Crippen LogP contribution in [0.15, 0.2) is 173 Å². The number of hydrogen-bond donors (Lipinski definition) is 0. The van der Waals surface area contributed by atoms with Crippen molar-refractivity contribution in [2.24, 2.45) is 0 Å². The van der Waals surface area contributed by atoms with Gasteiger partial charge in [-0.1, -0.05) is 146 Å². The zero-order valence-corrected chi connectivity index (χ0v) is 26.7. The van der Waals surface area contributed by atoms with Crippen LogP contribution in [0, 0.1) is 0 Å². The Hall–Kier alpha value is -6.85. The minimum Gasteiger partial charge on any atom is -0.455 e. The van der Waals surface area contributed by atoms with Gasteiger partial charge in [-0.25, -0.2) is 15.0 Å². The topological polar surface area (TPSA) is 65.0 Å². The molecule has 0 aliphatic heterocycles. The maximum Gasteiger partial charge on any atom is 0.164 e. The summed E-state index contributed by atoms with van der Waals surface area (Å²) in [6.45, 7) is 0. The van der Waals surface area contributed by atoms with Crippen molar-refractivity contribution in [3.63, 3.8) is 0 Å². The van der Waals surface area contributed by atoms with E-state index in [2.05, 4.69) is 78.9 Å². The molecule has 234 valence electrons. The van der Waals surface area contributed by atoms with Gasteiger partial charge in [0.05, 0.1) is 0 Å². The summed E-state index contributed by atoms with van der Waals surface area (Å²) in [7, 11) is 0. The van der Waals surface area contributed by atoms with Crippen LogP contribution in [0.5, 0.6) is 0 Å². The second-order valence-electron chi connectivity index (χ2n) is 12.4. The highest BCUT2D eigenvalue weighted by Crippen LogP contribution is 2.42. The van der Waals surface area contributed by atoms with Crippen molar-refractivity contribution < 1.29 is 8.83 Å². The van der Waals surface area contributed by atoms with Gasteiger partial charge in [0.15, 0.2) is 17.5 Å². The van der Waals surface area contributed by atoms with Crippen molar-refractivity contribution in [2.75, 3.05) is 0 Å². The number of fused-ring (bicyclic) bond motifs is 6. The molecular formula is C45H27N3O2. The summed E-state index contributed by atoms with van der Waals surface area (Å²) in [5.41, 5.74) is 10.1. The minimum atomic E-state index is 0.575. The molecule has 7 aromatic carbocycles. The summed E-state index contributed by atoms with van der Waals surface area (Å²) >= 11 is 0. The average molecular weight is 642 g/mol. The molecule has 0 N–H and O–H groups in total. The molecule has 3 aromatic heterocycles. The third-order valence-corrected chi connectivity index (χ3v) is 9.37. The molecule has 0 spiro atoms. The lowest BCUT2D eigenvalue weighted by Crippen LogP contribution is -2.01. The first-order chi connectivity index (χ1) is 24.8. The minimum absolute atomic E-state index is 0.575. The van der Waals surface area contributed by atoms with E-state index in [-0.39, 0.29) is 0 Å². The van der Waals surface area contributed by atoms with E-state index in [0.29, 0.717) is 17.5 Å². The van der Waals surface area contributed by atoms with Crippen LogP contribution in [-0.4, -0.2) is 15.0 Å². The zero-order valence-electron chi connectivity index (χ0n) is 26.7. The molecule has 5 nitrogen and oxygen atoms in total. The summed E-state index contributed by atoms with van der Waals surface area (Å²) in [5, 5.41) is 4.25. The van der Waals surface area contributed by atoms with E-state index in [9.17, 15) is 0 Å². The fourth-order valence-electron chi connectivity index (χ4n) is 7.00. The van der Waals surface area contributed by atoms with Crippen molar-refractivity contribution in [1.29, 1.82) is 0 Å². The zero-order chi connectivity index (χ0) is 33.0. The second kappa shape index (κ2) is 11.4. The number of furan rings is 2. The molecule has 10 rings (SSSR count). The van der Waals surface area contributed by atoms with Crippen LogP contribution in [0.1, 0.15) is 0 Å². The highest BCUT2D eigenvalue weighted by atomic mass is 16.3. The molecule has 10 aromatic rings. The molecule has 0 amide bonds. The molecule has 0 unspecified atom stereocenters. The smallest absolute Gasteiger partial charge is 0.164 e. The van der Waals surface area contributed by atoms with Gasteiger partial charge >= 0.3 is 0 Å². The summed E-state index contributed by atoms with van der Waals surface area (Å²) < 4.78 is 13.1. The lowest BCUT2D eigenvalue weighted by molar-refractivity contribution is 0.665. The number of para-hydroxylation sites is 3. The molecule has 0 radical (unpaired) electrons. The molecule has 0 atom stereocenters. The van der Waals surface area contributed by atoms with Crippen molar-refractivity contribution in [3.05, 3.63) is 164 Å². The molecular weight excluding hydrogens is 615 g/mol. The van der Waals surface area contributed by atoms with Gasteiger partial charge in [-0.2, -0.15) is 0 Å². The Morgan fingerprint density at radius 2 is 0.800 bits per heavy atom. The Labute approximate surface area is 287 Å². The Morgan fingerprint density at radius 1 is 0.300 bits per heavy atom. The van der Waals surface area contributed by atoms with Gasteiger partial charge in [-0.15, -0.1) is 0 Å². The SMILES string of the molecule is c1ccc(-c2nc(-c3ccc4c(c3)oc3c(-c5cccc6c5oc5ccccc56)cccc34)nc(-c3ccccc3-c3ccccc3)n2)cc1. The lowest BCUT2D eigenvalue weighted by atomic mass is 9.99. The first-order valence-electron chi connectivity index (χ1n) is 16.6. The average Bonchev–Trinajstić information content (AvgIpc) is 3.77. The third kappa shape index (κ3) is 4.60. The second-order valence-corrected chi connectivity index (χ2v) is 12.4. The predicted molar refractivity (Wildman–Crippen MR) is 202 cm³/mol. The molecule has 5 heteroatoms. The summed E-state index contributed by atoms with van der Waals surface area (Å²) in [6, 6.07) is 55.6. The number of benzene rings is 7. The Morgan fingerprint density at radius 3 is 1.52 bits per heavy atom. The molecule has 50 heavy (non-hydrogen) atoms. The molecule has 0 aliphatic rings. The number of nitrogens with zero attached hydrogens (tertiary/aromatic N) is 3. The van der Waals surface area contributed by atoms with Crippen LogP contribution in [0.25, 0.3) is 100 Å². The maximum atomic E-state index is 6.72. The van der Waals surface area contributed by atoms with Gasteiger partial charge < -0.3 is 8.83 Å². The van der Waals surface area contributed by atoms with E-state index in [0.717, 1.165) is 82.8 Å². The van der Waals surface area contributed by atoms with E-state index in [1.165, 1.54) is 0 Å². The van der Waals surface area contributed by atoms with Crippen molar-refractivity contribution in [3.8, 4) is 56.4 Å². The number of hydrogen-bond acceptors (Lipinski definition) is 5.